The zero-order valence-electron chi connectivity index (χ0n) is 11.3. The molecule has 0 saturated carbocycles. The van der Waals surface area contributed by atoms with E-state index < -0.39 is 5.97 Å². The van der Waals surface area contributed by atoms with E-state index in [1.54, 1.807) is 18.2 Å². The summed E-state index contributed by atoms with van der Waals surface area (Å²) in [6, 6.07) is 4.80. The Morgan fingerprint density at radius 3 is 2.58 bits per heavy atom. The van der Waals surface area contributed by atoms with Gasteiger partial charge in [-0.15, -0.1) is 0 Å². The van der Waals surface area contributed by atoms with Gasteiger partial charge in [-0.1, -0.05) is 26.7 Å². The van der Waals surface area contributed by atoms with E-state index in [0.29, 0.717) is 17.0 Å². The highest BCUT2D eigenvalue weighted by atomic mass is 16.4. The van der Waals surface area contributed by atoms with E-state index in [1.165, 1.54) is 0 Å². The number of rotatable bonds is 6. The third-order valence-corrected chi connectivity index (χ3v) is 3.27. The van der Waals surface area contributed by atoms with Gasteiger partial charge in [0.15, 0.2) is 11.5 Å². The molecule has 19 heavy (non-hydrogen) atoms. The first-order chi connectivity index (χ1) is 9.15. The van der Waals surface area contributed by atoms with Crippen LogP contribution < -0.4 is 0 Å². The Balaban J connectivity index is 2.36. The Hall–Kier alpha value is -1.84. The maximum atomic E-state index is 10.9. The van der Waals surface area contributed by atoms with Crippen molar-refractivity contribution in [1.29, 1.82) is 0 Å². The summed E-state index contributed by atoms with van der Waals surface area (Å²) in [7, 11) is 0. The van der Waals surface area contributed by atoms with Gasteiger partial charge in [0.05, 0.1) is 5.56 Å². The molecule has 4 nitrogen and oxygen atoms in total. The standard InChI is InChI=1S/C15H19NO3/c1-3-5-10(6-4-2)14-16-12-9-11(15(17)18)7-8-13(12)19-14/h7-10H,3-6H2,1-2H3,(H,17,18). The van der Waals surface area contributed by atoms with Crippen LogP contribution in [0.5, 0.6) is 0 Å². The molecular weight excluding hydrogens is 242 g/mol. The van der Waals surface area contributed by atoms with Crippen molar-refractivity contribution in [3.63, 3.8) is 0 Å². The number of aromatic carboxylic acids is 1. The minimum absolute atomic E-state index is 0.245. The van der Waals surface area contributed by atoms with Gasteiger partial charge in [-0.2, -0.15) is 0 Å². The highest BCUT2D eigenvalue weighted by Crippen LogP contribution is 2.29. The Labute approximate surface area is 112 Å². The minimum atomic E-state index is -0.940. The average Bonchev–Trinajstić information content (AvgIpc) is 2.80. The topological polar surface area (TPSA) is 63.3 Å². The molecule has 0 radical (unpaired) electrons. The zero-order chi connectivity index (χ0) is 13.8. The van der Waals surface area contributed by atoms with E-state index in [0.717, 1.165) is 31.6 Å². The van der Waals surface area contributed by atoms with Gasteiger partial charge in [0.1, 0.15) is 5.52 Å². The van der Waals surface area contributed by atoms with Crippen molar-refractivity contribution in [3.05, 3.63) is 29.7 Å². The molecule has 0 aliphatic carbocycles. The normalized spacial score (nSPS) is 11.3. The summed E-state index contributed by atoms with van der Waals surface area (Å²) < 4.78 is 5.77. The van der Waals surface area contributed by atoms with Crippen LogP contribution in [-0.4, -0.2) is 16.1 Å². The van der Waals surface area contributed by atoms with Crippen molar-refractivity contribution in [2.75, 3.05) is 0 Å². The van der Waals surface area contributed by atoms with Gasteiger partial charge in [-0.05, 0) is 31.0 Å². The number of hydrogen-bond donors (Lipinski definition) is 1. The third kappa shape index (κ3) is 2.95. The first kappa shape index (κ1) is 13.6. The fraction of sp³-hybridized carbons (Fsp3) is 0.467. The fourth-order valence-corrected chi connectivity index (χ4v) is 2.34. The van der Waals surface area contributed by atoms with Crippen molar-refractivity contribution in [3.8, 4) is 0 Å². The van der Waals surface area contributed by atoms with Crippen LogP contribution in [0.25, 0.3) is 11.1 Å². The van der Waals surface area contributed by atoms with E-state index >= 15 is 0 Å². The second kappa shape index (κ2) is 5.87. The Kier molecular flexibility index (Phi) is 4.20. The molecule has 2 rings (SSSR count). The molecule has 0 bridgehead atoms. The van der Waals surface area contributed by atoms with Crippen molar-refractivity contribution < 1.29 is 14.3 Å². The quantitative estimate of drug-likeness (QED) is 0.846. The van der Waals surface area contributed by atoms with Gasteiger partial charge in [0, 0.05) is 5.92 Å². The highest BCUT2D eigenvalue weighted by Gasteiger charge is 2.17. The van der Waals surface area contributed by atoms with Crippen LogP contribution in [0.3, 0.4) is 0 Å². The summed E-state index contributed by atoms with van der Waals surface area (Å²) in [6.45, 7) is 4.29. The lowest BCUT2D eigenvalue weighted by atomic mass is 9.98. The molecule has 1 aromatic heterocycles. The van der Waals surface area contributed by atoms with Gasteiger partial charge in [0.25, 0.3) is 0 Å². The van der Waals surface area contributed by atoms with Gasteiger partial charge >= 0.3 is 5.97 Å². The monoisotopic (exact) mass is 261 g/mol. The average molecular weight is 261 g/mol. The molecule has 0 spiro atoms. The van der Waals surface area contributed by atoms with E-state index in [2.05, 4.69) is 18.8 Å². The van der Waals surface area contributed by atoms with Crippen LogP contribution in [0, 0.1) is 0 Å². The lowest BCUT2D eigenvalue weighted by molar-refractivity contribution is 0.0697. The van der Waals surface area contributed by atoms with Gasteiger partial charge < -0.3 is 9.52 Å². The van der Waals surface area contributed by atoms with Gasteiger partial charge in [-0.25, -0.2) is 9.78 Å². The summed E-state index contributed by atoms with van der Waals surface area (Å²) in [5.41, 5.74) is 1.54. The van der Waals surface area contributed by atoms with Crippen LogP contribution in [-0.2, 0) is 0 Å². The Bertz CT molecular complexity index is 568. The number of hydrogen-bond acceptors (Lipinski definition) is 3. The summed E-state index contributed by atoms with van der Waals surface area (Å²) in [5.74, 6) is 0.127. The molecule has 0 unspecified atom stereocenters. The second-order valence-corrected chi connectivity index (χ2v) is 4.81. The summed E-state index contributed by atoms with van der Waals surface area (Å²) in [6.07, 6.45) is 4.27. The lowest BCUT2D eigenvalue weighted by Gasteiger charge is -2.09. The lowest BCUT2D eigenvalue weighted by Crippen LogP contribution is -1.98. The van der Waals surface area contributed by atoms with Crippen molar-refractivity contribution in [2.45, 2.75) is 45.4 Å². The van der Waals surface area contributed by atoms with E-state index in [1.807, 2.05) is 0 Å². The van der Waals surface area contributed by atoms with Gasteiger partial charge in [-0.3, -0.25) is 0 Å². The van der Waals surface area contributed by atoms with E-state index in [9.17, 15) is 4.79 Å². The number of carboxylic acid groups (broad SMARTS) is 1. The Morgan fingerprint density at radius 1 is 1.32 bits per heavy atom. The summed E-state index contributed by atoms with van der Waals surface area (Å²) in [4.78, 5) is 15.4. The number of fused-ring (bicyclic) bond motifs is 1. The number of aromatic nitrogens is 1. The summed E-state index contributed by atoms with van der Waals surface area (Å²) >= 11 is 0. The van der Waals surface area contributed by atoms with Crippen LogP contribution in [0.1, 0.15) is 61.7 Å². The first-order valence-corrected chi connectivity index (χ1v) is 6.79. The van der Waals surface area contributed by atoms with E-state index in [-0.39, 0.29) is 5.56 Å². The third-order valence-electron chi connectivity index (χ3n) is 3.27. The predicted octanol–water partition coefficient (Wildman–Crippen LogP) is 4.21. The molecular formula is C15H19NO3. The molecule has 102 valence electrons. The van der Waals surface area contributed by atoms with Crippen LogP contribution in [0.15, 0.2) is 22.6 Å². The van der Waals surface area contributed by atoms with Crippen molar-refractivity contribution >= 4 is 17.1 Å². The molecule has 1 aromatic carbocycles. The maximum absolute atomic E-state index is 10.9. The predicted molar refractivity (Wildman–Crippen MR) is 73.5 cm³/mol. The van der Waals surface area contributed by atoms with Crippen LogP contribution >= 0.6 is 0 Å². The largest absolute Gasteiger partial charge is 0.478 e. The smallest absolute Gasteiger partial charge is 0.335 e. The first-order valence-electron chi connectivity index (χ1n) is 6.79. The molecule has 0 saturated heterocycles. The number of carboxylic acids is 1. The van der Waals surface area contributed by atoms with E-state index in [4.69, 9.17) is 9.52 Å². The summed E-state index contributed by atoms with van der Waals surface area (Å²) in [5, 5.41) is 8.97. The maximum Gasteiger partial charge on any atom is 0.335 e. The second-order valence-electron chi connectivity index (χ2n) is 4.81. The highest BCUT2D eigenvalue weighted by molar-refractivity contribution is 5.91. The van der Waals surface area contributed by atoms with Gasteiger partial charge in [0.2, 0.25) is 0 Å². The number of oxazole rings is 1. The molecule has 1 N–H and O–H groups in total. The van der Waals surface area contributed by atoms with Crippen molar-refractivity contribution in [2.24, 2.45) is 0 Å². The molecule has 0 aliphatic rings. The molecule has 4 heteroatoms. The molecule has 0 fully saturated rings. The minimum Gasteiger partial charge on any atom is -0.478 e. The number of benzene rings is 1. The molecule has 1 heterocycles. The number of carbonyl (C=O) groups is 1. The van der Waals surface area contributed by atoms with Crippen molar-refractivity contribution in [1.82, 2.24) is 4.98 Å². The fourth-order valence-electron chi connectivity index (χ4n) is 2.34. The molecule has 0 atom stereocenters. The molecule has 2 aromatic rings. The van der Waals surface area contributed by atoms with Crippen LogP contribution in [0.4, 0.5) is 0 Å². The molecule has 0 aliphatic heterocycles. The zero-order valence-corrected chi connectivity index (χ0v) is 11.3. The Morgan fingerprint density at radius 2 is 2.00 bits per heavy atom. The molecule has 0 amide bonds. The van der Waals surface area contributed by atoms with Crippen LogP contribution in [0.2, 0.25) is 0 Å². The number of nitrogens with zero attached hydrogens (tertiary/aromatic N) is 1. The SMILES string of the molecule is CCCC(CCC)c1nc2cc(C(=O)O)ccc2o1.